The average Bonchev–Trinajstić information content (AvgIpc) is 2.53. The molecule has 0 atom stereocenters. The predicted octanol–water partition coefficient (Wildman–Crippen LogP) is 1.42. The molecule has 0 aliphatic carbocycles. The molecule has 118 valence electrons. The Kier molecular flexibility index (Phi) is 5.61. The summed E-state index contributed by atoms with van der Waals surface area (Å²) < 4.78 is 26.7. The van der Waals surface area contributed by atoms with Gasteiger partial charge in [0, 0.05) is 13.1 Å². The maximum Gasteiger partial charge on any atom is 0.242 e. The molecule has 1 heterocycles. The number of nitrogens with zero attached hydrogens (tertiary/aromatic N) is 1. The SMILES string of the molecule is CNCCC1CCN(c2ccccc2S(=O)(=O)NC)CC1. The number of hydrogen-bond acceptors (Lipinski definition) is 4. The van der Waals surface area contributed by atoms with Gasteiger partial charge in [0.1, 0.15) is 4.90 Å². The molecule has 1 aliphatic heterocycles. The number of para-hydroxylation sites is 1. The third-order valence-corrected chi connectivity index (χ3v) is 5.64. The second kappa shape index (κ2) is 7.24. The first-order valence-corrected chi connectivity index (χ1v) is 8.99. The summed E-state index contributed by atoms with van der Waals surface area (Å²) in [6, 6.07) is 7.25. The van der Waals surface area contributed by atoms with Crippen LogP contribution in [0.1, 0.15) is 19.3 Å². The van der Waals surface area contributed by atoms with E-state index in [-0.39, 0.29) is 0 Å². The fourth-order valence-corrected chi connectivity index (χ4v) is 3.82. The Hall–Kier alpha value is -1.11. The Labute approximate surface area is 127 Å². The van der Waals surface area contributed by atoms with E-state index in [1.54, 1.807) is 12.1 Å². The first-order valence-electron chi connectivity index (χ1n) is 7.50. The van der Waals surface area contributed by atoms with Crippen LogP contribution in [-0.4, -0.2) is 42.1 Å². The molecule has 1 saturated heterocycles. The van der Waals surface area contributed by atoms with Crippen LogP contribution >= 0.6 is 0 Å². The smallest absolute Gasteiger partial charge is 0.242 e. The topological polar surface area (TPSA) is 61.4 Å². The molecule has 5 nitrogen and oxygen atoms in total. The van der Waals surface area contributed by atoms with Crippen LogP contribution in [0.2, 0.25) is 0 Å². The lowest BCUT2D eigenvalue weighted by atomic mass is 9.93. The summed E-state index contributed by atoms with van der Waals surface area (Å²) in [6.45, 7) is 2.89. The van der Waals surface area contributed by atoms with Crippen LogP contribution in [0, 0.1) is 5.92 Å². The lowest BCUT2D eigenvalue weighted by Crippen LogP contribution is -2.35. The van der Waals surface area contributed by atoms with E-state index >= 15 is 0 Å². The molecule has 1 aromatic carbocycles. The van der Waals surface area contributed by atoms with Crippen LogP contribution in [0.4, 0.5) is 5.69 Å². The van der Waals surface area contributed by atoms with Gasteiger partial charge in [-0.15, -0.1) is 0 Å². The van der Waals surface area contributed by atoms with Crippen molar-refractivity contribution in [3.05, 3.63) is 24.3 Å². The predicted molar refractivity (Wildman–Crippen MR) is 86.2 cm³/mol. The van der Waals surface area contributed by atoms with Crippen molar-refractivity contribution in [1.29, 1.82) is 0 Å². The monoisotopic (exact) mass is 311 g/mol. The van der Waals surface area contributed by atoms with E-state index in [2.05, 4.69) is 14.9 Å². The minimum Gasteiger partial charge on any atom is -0.370 e. The molecule has 0 bridgehead atoms. The summed E-state index contributed by atoms with van der Waals surface area (Å²) in [6.07, 6.45) is 3.44. The molecule has 1 fully saturated rings. The molecule has 0 saturated carbocycles. The van der Waals surface area contributed by atoms with Gasteiger partial charge in [-0.25, -0.2) is 13.1 Å². The molecule has 0 spiro atoms. The summed E-state index contributed by atoms with van der Waals surface area (Å²) in [4.78, 5) is 2.57. The van der Waals surface area contributed by atoms with Crippen LogP contribution in [-0.2, 0) is 10.0 Å². The van der Waals surface area contributed by atoms with Crippen LogP contribution in [0.25, 0.3) is 0 Å². The van der Waals surface area contributed by atoms with Crippen molar-refractivity contribution in [3.63, 3.8) is 0 Å². The summed E-state index contributed by atoms with van der Waals surface area (Å²) >= 11 is 0. The quantitative estimate of drug-likeness (QED) is 0.834. The van der Waals surface area contributed by atoms with E-state index in [1.165, 1.54) is 13.5 Å². The van der Waals surface area contributed by atoms with Gasteiger partial charge in [0.25, 0.3) is 0 Å². The van der Waals surface area contributed by atoms with E-state index in [9.17, 15) is 8.42 Å². The highest BCUT2D eigenvalue weighted by atomic mass is 32.2. The van der Waals surface area contributed by atoms with E-state index in [4.69, 9.17) is 0 Å². The second-order valence-corrected chi connectivity index (χ2v) is 7.35. The van der Waals surface area contributed by atoms with Crippen LogP contribution in [0.3, 0.4) is 0 Å². The van der Waals surface area contributed by atoms with E-state index in [1.807, 2.05) is 19.2 Å². The van der Waals surface area contributed by atoms with Crippen molar-refractivity contribution in [2.24, 2.45) is 5.92 Å². The van der Waals surface area contributed by atoms with Crippen molar-refractivity contribution in [2.75, 3.05) is 38.6 Å². The fourth-order valence-electron chi connectivity index (χ4n) is 2.87. The highest BCUT2D eigenvalue weighted by molar-refractivity contribution is 7.89. The van der Waals surface area contributed by atoms with Crippen LogP contribution < -0.4 is 14.9 Å². The molecule has 2 rings (SSSR count). The normalized spacial score (nSPS) is 17.1. The molecule has 0 unspecified atom stereocenters. The van der Waals surface area contributed by atoms with Gasteiger partial charge in [-0.2, -0.15) is 0 Å². The Morgan fingerprint density at radius 2 is 1.86 bits per heavy atom. The number of hydrogen-bond donors (Lipinski definition) is 2. The van der Waals surface area contributed by atoms with Gasteiger partial charge in [-0.1, -0.05) is 12.1 Å². The highest BCUT2D eigenvalue weighted by Gasteiger charge is 2.24. The molecule has 0 amide bonds. The number of anilines is 1. The van der Waals surface area contributed by atoms with Gasteiger partial charge < -0.3 is 10.2 Å². The number of piperidine rings is 1. The third-order valence-electron chi connectivity index (χ3n) is 4.18. The number of nitrogens with one attached hydrogen (secondary N) is 2. The molecule has 0 radical (unpaired) electrons. The summed E-state index contributed by atoms with van der Waals surface area (Å²) in [5, 5.41) is 3.19. The zero-order valence-electron chi connectivity index (χ0n) is 12.8. The number of benzene rings is 1. The second-order valence-electron chi connectivity index (χ2n) is 5.50. The van der Waals surface area contributed by atoms with Gasteiger partial charge in [0.15, 0.2) is 0 Å². The lowest BCUT2D eigenvalue weighted by molar-refractivity contribution is 0.377. The average molecular weight is 311 g/mol. The molecule has 2 N–H and O–H groups in total. The Balaban J connectivity index is 2.11. The standard InChI is InChI=1S/C15H25N3O2S/c1-16-10-7-13-8-11-18(12-9-13)14-5-3-4-6-15(14)21(19,20)17-2/h3-6,13,16-17H,7-12H2,1-2H3. The lowest BCUT2D eigenvalue weighted by Gasteiger charge is -2.34. The molecular weight excluding hydrogens is 286 g/mol. The molecule has 1 aromatic rings. The van der Waals surface area contributed by atoms with Crippen molar-refractivity contribution < 1.29 is 8.42 Å². The summed E-state index contributed by atoms with van der Waals surface area (Å²) in [5.74, 6) is 0.738. The number of sulfonamides is 1. The molecule has 6 heteroatoms. The zero-order valence-corrected chi connectivity index (χ0v) is 13.6. The maximum absolute atomic E-state index is 12.1. The van der Waals surface area contributed by atoms with Gasteiger partial charge in [0.05, 0.1) is 5.69 Å². The maximum atomic E-state index is 12.1. The number of rotatable bonds is 6. The minimum atomic E-state index is -3.41. The summed E-state index contributed by atoms with van der Waals surface area (Å²) in [5.41, 5.74) is 0.818. The molecule has 0 aromatic heterocycles. The van der Waals surface area contributed by atoms with Crippen LogP contribution in [0.5, 0.6) is 0 Å². The highest BCUT2D eigenvalue weighted by Crippen LogP contribution is 2.29. The molecular formula is C15H25N3O2S. The molecule has 21 heavy (non-hydrogen) atoms. The first-order chi connectivity index (χ1) is 10.1. The minimum absolute atomic E-state index is 0.376. The van der Waals surface area contributed by atoms with Crippen molar-refractivity contribution in [2.45, 2.75) is 24.2 Å². The van der Waals surface area contributed by atoms with E-state index in [0.717, 1.165) is 44.1 Å². The van der Waals surface area contributed by atoms with Crippen LogP contribution in [0.15, 0.2) is 29.2 Å². The van der Waals surface area contributed by atoms with E-state index in [0.29, 0.717) is 4.90 Å². The van der Waals surface area contributed by atoms with Gasteiger partial charge >= 0.3 is 0 Å². The fraction of sp³-hybridized carbons (Fsp3) is 0.600. The van der Waals surface area contributed by atoms with Gasteiger partial charge in [0.2, 0.25) is 10.0 Å². The zero-order chi connectivity index (χ0) is 15.3. The Morgan fingerprint density at radius 3 is 2.48 bits per heavy atom. The van der Waals surface area contributed by atoms with Crippen molar-refractivity contribution in [3.8, 4) is 0 Å². The van der Waals surface area contributed by atoms with Gasteiger partial charge in [-0.05, 0) is 58.0 Å². The largest absolute Gasteiger partial charge is 0.370 e. The Bertz CT molecular complexity index is 552. The molecule has 1 aliphatic rings. The Morgan fingerprint density at radius 1 is 1.19 bits per heavy atom. The van der Waals surface area contributed by atoms with Crippen molar-refractivity contribution in [1.82, 2.24) is 10.0 Å². The van der Waals surface area contributed by atoms with Crippen molar-refractivity contribution >= 4 is 15.7 Å². The summed E-state index contributed by atoms with van der Waals surface area (Å²) in [7, 11) is 0.0271. The first kappa shape index (κ1) is 16.3. The van der Waals surface area contributed by atoms with Gasteiger partial charge in [-0.3, -0.25) is 0 Å². The third kappa shape index (κ3) is 3.96. The van der Waals surface area contributed by atoms with E-state index < -0.39 is 10.0 Å².